The first-order valence-electron chi connectivity index (χ1n) is 10.4. The maximum atomic E-state index is 13.3. The van der Waals surface area contributed by atoms with Gasteiger partial charge in [-0.2, -0.15) is 5.10 Å². The van der Waals surface area contributed by atoms with Crippen LogP contribution >= 0.6 is 0 Å². The van der Waals surface area contributed by atoms with Crippen LogP contribution in [0.15, 0.2) is 60.9 Å². The summed E-state index contributed by atoms with van der Waals surface area (Å²) in [4.78, 5) is 17.9. The average Bonchev–Trinajstić information content (AvgIpc) is 3.43. The Labute approximate surface area is 180 Å². The van der Waals surface area contributed by atoms with Crippen LogP contribution in [0.1, 0.15) is 34.3 Å². The second kappa shape index (κ2) is 7.23. The molecule has 2 aromatic carbocycles. The Morgan fingerprint density at radius 1 is 1.13 bits per heavy atom. The normalized spacial score (nSPS) is 14.4. The highest BCUT2D eigenvalue weighted by Gasteiger charge is 2.47. The van der Waals surface area contributed by atoms with Gasteiger partial charge in [0.25, 0.3) is 5.91 Å². The summed E-state index contributed by atoms with van der Waals surface area (Å²) in [5.74, 6) is 0.588. The fourth-order valence-corrected chi connectivity index (χ4v) is 4.23. The van der Waals surface area contributed by atoms with Crippen molar-refractivity contribution in [2.75, 3.05) is 7.11 Å². The van der Waals surface area contributed by atoms with E-state index in [2.05, 4.69) is 33.6 Å². The van der Waals surface area contributed by atoms with Gasteiger partial charge < -0.3 is 10.1 Å². The van der Waals surface area contributed by atoms with Gasteiger partial charge >= 0.3 is 0 Å². The van der Waals surface area contributed by atoms with Crippen LogP contribution in [0, 0.1) is 6.92 Å². The molecule has 0 atom stereocenters. The third kappa shape index (κ3) is 3.34. The largest absolute Gasteiger partial charge is 0.497 e. The molecule has 1 fully saturated rings. The van der Waals surface area contributed by atoms with Crippen molar-refractivity contribution >= 4 is 16.8 Å². The van der Waals surface area contributed by atoms with Crippen LogP contribution < -0.4 is 10.1 Å². The highest BCUT2D eigenvalue weighted by molar-refractivity contribution is 5.98. The van der Waals surface area contributed by atoms with Crippen LogP contribution in [0.3, 0.4) is 0 Å². The molecule has 1 aliphatic rings. The number of amides is 1. The maximum absolute atomic E-state index is 13.3. The van der Waals surface area contributed by atoms with E-state index in [1.165, 1.54) is 0 Å². The van der Waals surface area contributed by atoms with Crippen molar-refractivity contribution in [1.29, 1.82) is 0 Å². The zero-order valence-electron chi connectivity index (χ0n) is 17.8. The zero-order valence-corrected chi connectivity index (χ0v) is 17.8. The van der Waals surface area contributed by atoms with E-state index < -0.39 is 5.54 Å². The molecule has 2 aromatic heterocycles. The van der Waals surface area contributed by atoms with Crippen molar-refractivity contribution < 1.29 is 9.53 Å². The van der Waals surface area contributed by atoms with Gasteiger partial charge in [0.15, 0.2) is 0 Å². The van der Waals surface area contributed by atoms with Crippen molar-refractivity contribution in [3.05, 3.63) is 77.6 Å². The number of hydrogen-bond acceptors (Lipinski definition) is 4. The Kier molecular flexibility index (Phi) is 4.50. The van der Waals surface area contributed by atoms with Gasteiger partial charge in [-0.3, -0.25) is 14.5 Å². The number of fused-ring (bicyclic) bond motifs is 1. The van der Waals surface area contributed by atoms with Crippen molar-refractivity contribution in [3.8, 4) is 17.0 Å². The minimum absolute atomic E-state index is 0.0862. The maximum Gasteiger partial charge on any atom is 0.252 e. The molecule has 31 heavy (non-hydrogen) atoms. The van der Waals surface area contributed by atoms with Gasteiger partial charge in [0.05, 0.1) is 23.9 Å². The number of nitrogens with one attached hydrogen (secondary N) is 1. The Hall–Kier alpha value is -3.67. The molecule has 1 aliphatic carbocycles. The lowest BCUT2D eigenvalue weighted by atomic mass is 9.94. The van der Waals surface area contributed by atoms with Crippen molar-refractivity contribution in [1.82, 2.24) is 20.1 Å². The van der Waals surface area contributed by atoms with E-state index in [1.54, 1.807) is 25.6 Å². The van der Waals surface area contributed by atoms with Crippen molar-refractivity contribution in [2.24, 2.45) is 7.05 Å². The van der Waals surface area contributed by atoms with Gasteiger partial charge in [0, 0.05) is 36.0 Å². The molecule has 2 heterocycles. The molecule has 0 bridgehead atoms. The van der Waals surface area contributed by atoms with Gasteiger partial charge in [0.1, 0.15) is 5.75 Å². The van der Waals surface area contributed by atoms with E-state index in [0.717, 1.165) is 46.1 Å². The highest BCUT2D eigenvalue weighted by atomic mass is 16.5. The molecule has 0 radical (unpaired) electrons. The molecule has 0 spiro atoms. The van der Waals surface area contributed by atoms with Gasteiger partial charge in [0.2, 0.25) is 0 Å². The fourth-order valence-electron chi connectivity index (χ4n) is 4.23. The fraction of sp³-hybridized carbons (Fsp3) is 0.240. The molecular formula is C25H24N4O2. The topological polar surface area (TPSA) is 69.0 Å². The van der Waals surface area contributed by atoms with E-state index in [4.69, 9.17) is 4.74 Å². The quantitative estimate of drug-likeness (QED) is 0.528. The first-order valence-corrected chi connectivity index (χ1v) is 10.4. The monoisotopic (exact) mass is 412 g/mol. The van der Waals surface area contributed by atoms with Crippen LogP contribution in [0.2, 0.25) is 0 Å². The molecule has 1 amide bonds. The summed E-state index contributed by atoms with van der Waals surface area (Å²) in [5, 5.41) is 8.70. The number of carbonyl (C=O) groups is 1. The summed E-state index contributed by atoms with van der Waals surface area (Å²) in [7, 11) is 3.54. The molecule has 5 rings (SSSR count). The lowest BCUT2D eigenvalue weighted by Gasteiger charge is -2.22. The Morgan fingerprint density at radius 3 is 2.68 bits per heavy atom. The summed E-state index contributed by atoms with van der Waals surface area (Å²) < 4.78 is 7.17. The highest BCUT2D eigenvalue weighted by Crippen LogP contribution is 2.49. The van der Waals surface area contributed by atoms with Crippen molar-refractivity contribution in [3.63, 3.8) is 0 Å². The van der Waals surface area contributed by atoms with E-state index in [9.17, 15) is 4.79 Å². The molecule has 6 heteroatoms. The van der Waals surface area contributed by atoms with Crippen LogP contribution in [0.25, 0.3) is 22.2 Å². The SMILES string of the molecule is COc1ccc(C)c(C(=O)NC2(c3cc(-c4ccnn4C)cc4ncccc34)CC2)c1. The summed E-state index contributed by atoms with van der Waals surface area (Å²) in [6, 6.07) is 15.9. The molecule has 4 aromatic rings. The number of hydrogen-bond donors (Lipinski definition) is 1. The van der Waals surface area contributed by atoms with Gasteiger partial charge in [-0.25, -0.2) is 0 Å². The zero-order chi connectivity index (χ0) is 21.6. The van der Waals surface area contributed by atoms with Gasteiger partial charge in [-0.15, -0.1) is 0 Å². The number of methoxy groups -OCH3 is 1. The predicted molar refractivity (Wildman–Crippen MR) is 120 cm³/mol. The van der Waals surface area contributed by atoms with Gasteiger partial charge in [-0.05, 0) is 67.3 Å². The lowest BCUT2D eigenvalue weighted by molar-refractivity contribution is 0.0930. The number of ether oxygens (including phenoxy) is 1. The van der Waals surface area contributed by atoms with E-state index >= 15 is 0 Å². The van der Waals surface area contributed by atoms with Crippen molar-refractivity contribution in [2.45, 2.75) is 25.3 Å². The van der Waals surface area contributed by atoms with Crippen LogP contribution in [-0.4, -0.2) is 27.8 Å². The number of carbonyl (C=O) groups excluding carboxylic acids is 1. The Bertz CT molecular complexity index is 1300. The molecule has 1 saturated carbocycles. The minimum atomic E-state index is -0.400. The Morgan fingerprint density at radius 2 is 1.97 bits per heavy atom. The number of pyridine rings is 1. The predicted octanol–water partition coefficient (Wildman–Crippen LogP) is 4.37. The van der Waals surface area contributed by atoms with E-state index in [-0.39, 0.29) is 5.91 Å². The lowest BCUT2D eigenvalue weighted by Crippen LogP contribution is -2.35. The molecular weight excluding hydrogens is 388 g/mol. The number of aromatic nitrogens is 3. The molecule has 0 unspecified atom stereocenters. The second-order valence-electron chi connectivity index (χ2n) is 8.15. The van der Waals surface area contributed by atoms with Gasteiger partial charge in [-0.1, -0.05) is 12.1 Å². The molecule has 6 nitrogen and oxygen atoms in total. The summed E-state index contributed by atoms with van der Waals surface area (Å²) in [5.41, 5.74) is 5.22. The number of aryl methyl sites for hydroxylation is 2. The van der Waals surface area contributed by atoms with Crippen LogP contribution in [0.5, 0.6) is 5.75 Å². The minimum Gasteiger partial charge on any atom is -0.497 e. The Balaban J connectivity index is 1.59. The molecule has 1 N–H and O–H groups in total. The summed E-state index contributed by atoms with van der Waals surface area (Å²) in [6.45, 7) is 1.94. The number of benzene rings is 2. The number of rotatable bonds is 5. The summed E-state index contributed by atoms with van der Waals surface area (Å²) in [6.07, 6.45) is 5.37. The smallest absolute Gasteiger partial charge is 0.252 e. The number of nitrogens with zero attached hydrogens (tertiary/aromatic N) is 3. The first-order chi connectivity index (χ1) is 15.0. The summed E-state index contributed by atoms with van der Waals surface area (Å²) >= 11 is 0. The van der Waals surface area contributed by atoms with E-state index in [0.29, 0.717) is 11.3 Å². The average molecular weight is 412 g/mol. The van der Waals surface area contributed by atoms with E-state index in [1.807, 2.05) is 42.9 Å². The van der Waals surface area contributed by atoms with Crippen LogP contribution in [0.4, 0.5) is 0 Å². The third-order valence-corrected chi connectivity index (χ3v) is 6.15. The molecule has 156 valence electrons. The standard InChI is InChI=1S/C25H24N4O2/c1-16-6-7-18(31-3)15-20(16)24(30)28-25(9-10-25)21-13-17(23-8-12-27-29(23)2)14-22-19(21)5-4-11-26-22/h4-8,11-15H,9-10H2,1-3H3,(H,28,30). The first kappa shape index (κ1) is 19.3. The molecule has 0 aliphatic heterocycles. The third-order valence-electron chi connectivity index (χ3n) is 6.15. The molecule has 0 saturated heterocycles. The second-order valence-corrected chi connectivity index (χ2v) is 8.15. The van der Waals surface area contributed by atoms with Crippen LogP contribution in [-0.2, 0) is 12.6 Å².